The molecular formula is C34H28N4S2. The maximum absolute atomic E-state index is 4.95. The number of rotatable bonds is 10. The minimum Gasteiger partial charge on any atom is -0.332 e. The van der Waals surface area contributed by atoms with Gasteiger partial charge in [0.15, 0.2) is 10.3 Å². The Morgan fingerprint density at radius 2 is 0.775 bits per heavy atom. The van der Waals surface area contributed by atoms with Crippen LogP contribution >= 0.6 is 23.5 Å². The second-order valence-corrected chi connectivity index (χ2v) is 11.1. The van der Waals surface area contributed by atoms with Crippen LogP contribution in [0.1, 0.15) is 0 Å². The maximum Gasteiger partial charge on any atom is 0.166 e. The van der Waals surface area contributed by atoms with Crippen molar-refractivity contribution in [3.05, 3.63) is 133 Å². The summed E-state index contributed by atoms with van der Waals surface area (Å²) in [6.07, 6.45) is 4.40. The van der Waals surface area contributed by atoms with Crippen molar-refractivity contribution in [2.45, 2.75) is 10.3 Å². The molecule has 0 aliphatic rings. The van der Waals surface area contributed by atoms with Crippen LogP contribution in [0, 0.1) is 0 Å². The van der Waals surface area contributed by atoms with Crippen LogP contribution in [0.2, 0.25) is 0 Å². The highest BCUT2D eigenvalue weighted by molar-refractivity contribution is 7.99. The zero-order valence-corrected chi connectivity index (χ0v) is 23.5. The number of aromatic amines is 2. The Morgan fingerprint density at radius 3 is 1.12 bits per heavy atom. The minimum absolute atomic E-state index is 0.833. The maximum atomic E-state index is 4.95. The number of H-pyrrole nitrogens is 2. The molecule has 4 nitrogen and oxygen atoms in total. The molecule has 0 saturated carbocycles. The second-order valence-electron chi connectivity index (χ2n) is 9.09. The summed E-state index contributed by atoms with van der Waals surface area (Å²) in [6.45, 7) is 0. The van der Waals surface area contributed by atoms with Crippen molar-refractivity contribution in [1.29, 1.82) is 0 Å². The molecule has 0 aliphatic heterocycles. The van der Waals surface area contributed by atoms with Gasteiger partial charge >= 0.3 is 0 Å². The Labute approximate surface area is 243 Å². The molecular weight excluding hydrogens is 529 g/mol. The summed E-state index contributed by atoms with van der Waals surface area (Å²) >= 11 is 3.41. The van der Waals surface area contributed by atoms with Gasteiger partial charge < -0.3 is 9.97 Å². The molecule has 0 atom stereocenters. The third-order valence-corrected chi connectivity index (χ3v) is 8.03. The van der Waals surface area contributed by atoms with E-state index >= 15 is 0 Å². The van der Waals surface area contributed by atoms with Gasteiger partial charge in [0, 0.05) is 33.8 Å². The lowest BCUT2D eigenvalue weighted by Crippen LogP contribution is -1.82. The lowest BCUT2D eigenvalue weighted by molar-refractivity contribution is 1.06. The SMILES string of the molecule is C(=C\CSc1nc(-c2ccccc2)c(-c2ccccc2)[nH]1)/CSc1nc(-c2ccccc2)c(-c2ccccc2)[nH]1. The highest BCUT2D eigenvalue weighted by atomic mass is 32.2. The summed E-state index contributed by atoms with van der Waals surface area (Å²) in [5, 5.41) is 1.84. The molecule has 0 bridgehead atoms. The lowest BCUT2D eigenvalue weighted by atomic mass is 10.1. The Bertz CT molecular complexity index is 1430. The second kappa shape index (κ2) is 12.7. The van der Waals surface area contributed by atoms with Crippen LogP contribution in [0.4, 0.5) is 0 Å². The third-order valence-electron chi connectivity index (χ3n) is 6.38. The topological polar surface area (TPSA) is 57.4 Å². The van der Waals surface area contributed by atoms with Crippen molar-refractivity contribution in [2.24, 2.45) is 0 Å². The van der Waals surface area contributed by atoms with Gasteiger partial charge in [-0.2, -0.15) is 0 Å². The molecule has 40 heavy (non-hydrogen) atoms. The van der Waals surface area contributed by atoms with Gasteiger partial charge in [0.2, 0.25) is 0 Å². The fourth-order valence-electron chi connectivity index (χ4n) is 4.47. The molecule has 0 amide bonds. The first-order chi connectivity index (χ1) is 19.8. The molecule has 0 spiro atoms. The first-order valence-corrected chi connectivity index (χ1v) is 15.1. The summed E-state index contributed by atoms with van der Waals surface area (Å²) in [7, 11) is 0. The van der Waals surface area contributed by atoms with Crippen LogP contribution in [0.15, 0.2) is 144 Å². The van der Waals surface area contributed by atoms with E-state index in [0.29, 0.717) is 0 Å². The van der Waals surface area contributed by atoms with E-state index in [1.807, 2.05) is 24.3 Å². The standard InChI is InChI=1S/C34H28N4S2/c1-5-15-25(16-6-1)29-30(26-17-7-2-8-18-26)36-33(35-29)39-23-13-14-24-40-34-37-31(27-19-9-3-10-20-27)32(38-34)28-21-11-4-12-22-28/h1-22H,23-24H2,(H,35,36)(H,37,38)/b14-13+. The first-order valence-electron chi connectivity index (χ1n) is 13.2. The zero-order valence-electron chi connectivity index (χ0n) is 21.8. The van der Waals surface area contributed by atoms with Crippen LogP contribution in [0.5, 0.6) is 0 Å². The Balaban J connectivity index is 1.12. The fourth-order valence-corrected chi connectivity index (χ4v) is 5.91. The van der Waals surface area contributed by atoms with Crippen molar-refractivity contribution < 1.29 is 0 Å². The van der Waals surface area contributed by atoms with Gasteiger partial charge in [-0.25, -0.2) is 9.97 Å². The van der Waals surface area contributed by atoms with E-state index in [9.17, 15) is 0 Å². The van der Waals surface area contributed by atoms with E-state index in [-0.39, 0.29) is 0 Å². The van der Waals surface area contributed by atoms with Crippen LogP contribution in [0.3, 0.4) is 0 Å². The summed E-state index contributed by atoms with van der Waals surface area (Å²) in [5.74, 6) is 1.67. The summed E-state index contributed by atoms with van der Waals surface area (Å²) in [4.78, 5) is 17.0. The predicted octanol–water partition coefficient (Wildman–Crippen LogP) is 9.24. The smallest absolute Gasteiger partial charge is 0.166 e. The van der Waals surface area contributed by atoms with Gasteiger partial charge in [-0.3, -0.25) is 0 Å². The van der Waals surface area contributed by atoms with Crippen molar-refractivity contribution in [3.63, 3.8) is 0 Å². The largest absolute Gasteiger partial charge is 0.332 e. The molecule has 0 aliphatic carbocycles. The summed E-state index contributed by atoms with van der Waals surface area (Å²) < 4.78 is 0. The molecule has 4 aromatic carbocycles. The van der Waals surface area contributed by atoms with Gasteiger partial charge in [-0.1, -0.05) is 157 Å². The molecule has 6 aromatic rings. The Kier molecular flexibility index (Phi) is 8.27. The number of aromatic nitrogens is 4. The van der Waals surface area contributed by atoms with E-state index < -0.39 is 0 Å². The predicted molar refractivity (Wildman–Crippen MR) is 170 cm³/mol. The normalized spacial score (nSPS) is 11.3. The third kappa shape index (κ3) is 6.14. The monoisotopic (exact) mass is 556 g/mol. The van der Waals surface area contributed by atoms with E-state index in [0.717, 1.165) is 66.8 Å². The van der Waals surface area contributed by atoms with E-state index in [1.165, 1.54) is 0 Å². The Morgan fingerprint density at radius 1 is 0.450 bits per heavy atom. The van der Waals surface area contributed by atoms with Crippen LogP contribution in [-0.4, -0.2) is 31.4 Å². The van der Waals surface area contributed by atoms with E-state index in [4.69, 9.17) is 9.97 Å². The lowest BCUT2D eigenvalue weighted by Gasteiger charge is -2.02. The fraction of sp³-hybridized carbons (Fsp3) is 0.0588. The number of nitrogens with one attached hydrogen (secondary N) is 2. The molecule has 0 unspecified atom stereocenters. The molecule has 0 fully saturated rings. The number of nitrogens with zero attached hydrogens (tertiary/aromatic N) is 2. The molecule has 2 heterocycles. The van der Waals surface area contributed by atoms with Crippen LogP contribution < -0.4 is 0 Å². The number of hydrogen-bond donors (Lipinski definition) is 2. The number of hydrogen-bond acceptors (Lipinski definition) is 4. The molecule has 2 N–H and O–H groups in total. The highest BCUT2D eigenvalue weighted by Crippen LogP contribution is 2.34. The average molecular weight is 557 g/mol. The molecule has 0 saturated heterocycles. The average Bonchev–Trinajstić information content (AvgIpc) is 3.66. The van der Waals surface area contributed by atoms with Crippen molar-refractivity contribution in [2.75, 3.05) is 11.5 Å². The summed E-state index contributed by atoms with van der Waals surface area (Å²) in [6, 6.07) is 41.5. The van der Waals surface area contributed by atoms with Crippen molar-refractivity contribution >= 4 is 23.5 Å². The van der Waals surface area contributed by atoms with Crippen molar-refractivity contribution in [3.8, 4) is 45.0 Å². The molecule has 196 valence electrons. The van der Waals surface area contributed by atoms with Gasteiger partial charge in [-0.05, 0) is 0 Å². The van der Waals surface area contributed by atoms with Gasteiger partial charge in [0.05, 0.1) is 22.8 Å². The highest BCUT2D eigenvalue weighted by Gasteiger charge is 2.15. The van der Waals surface area contributed by atoms with E-state index in [1.54, 1.807) is 23.5 Å². The van der Waals surface area contributed by atoms with Gasteiger partial charge in [0.1, 0.15) is 0 Å². The molecule has 6 heteroatoms. The van der Waals surface area contributed by atoms with E-state index in [2.05, 4.69) is 119 Å². The van der Waals surface area contributed by atoms with Gasteiger partial charge in [0.25, 0.3) is 0 Å². The molecule has 6 rings (SSSR count). The number of imidazole rings is 2. The quantitative estimate of drug-likeness (QED) is 0.130. The summed E-state index contributed by atoms with van der Waals surface area (Å²) in [5.41, 5.74) is 8.56. The zero-order chi connectivity index (χ0) is 27.0. The molecule has 2 aromatic heterocycles. The Hall–Kier alpha value is -4.26. The molecule has 0 radical (unpaired) electrons. The van der Waals surface area contributed by atoms with Crippen LogP contribution in [-0.2, 0) is 0 Å². The van der Waals surface area contributed by atoms with Crippen molar-refractivity contribution in [1.82, 2.24) is 19.9 Å². The number of thioether (sulfide) groups is 2. The first kappa shape index (κ1) is 26.0. The number of benzene rings is 4. The van der Waals surface area contributed by atoms with Crippen LogP contribution in [0.25, 0.3) is 45.0 Å². The van der Waals surface area contributed by atoms with Gasteiger partial charge in [-0.15, -0.1) is 0 Å². The minimum atomic E-state index is 0.833.